The minimum absolute atomic E-state index is 0. The molecule has 0 aromatic heterocycles. The Bertz CT molecular complexity index is 828. The van der Waals surface area contributed by atoms with Crippen LogP contribution in [0.2, 0.25) is 5.02 Å². The van der Waals surface area contributed by atoms with Crippen LogP contribution in [0.25, 0.3) is 0 Å². The number of guanidine groups is 1. The lowest BCUT2D eigenvalue weighted by atomic mass is 9.84. The van der Waals surface area contributed by atoms with Crippen LogP contribution in [0.3, 0.4) is 0 Å². The molecular formula is C20H33ClFIN4O2S. The van der Waals surface area contributed by atoms with Gasteiger partial charge in [0.15, 0.2) is 5.96 Å². The number of benzene rings is 1. The second-order valence-electron chi connectivity index (χ2n) is 7.92. The van der Waals surface area contributed by atoms with Gasteiger partial charge in [0.25, 0.3) is 0 Å². The van der Waals surface area contributed by atoms with Crippen LogP contribution in [0, 0.1) is 5.82 Å². The lowest BCUT2D eigenvalue weighted by molar-refractivity contribution is 0.306. The molecule has 0 atom stereocenters. The van der Waals surface area contributed by atoms with Gasteiger partial charge >= 0.3 is 0 Å². The summed E-state index contributed by atoms with van der Waals surface area (Å²) in [6.45, 7) is 9.93. The van der Waals surface area contributed by atoms with Crippen LogP contribution >= 0.6 is 35.6 Å². The molecule has 0 bridgehead atoms. The molecule has 1 heterocycles. The van der Waals surface area contributed by atoms with Crippen molar-refractivity contribution in [3.8, 4) is 0 Å². The molecule has 1 aliphatic rings. The van der Waals surface area contributed by atoms with E-state index < -0.39 is 10.0 Å². The molecule has 30 heavy (non-hydrogen) atoms. The molecule has 0 unspecified atom stereocenters. The van der Waals surface area contributed by atoms with Crippen LogP contribution in [-0.4, -0.2) is 56.7 Å². The summed E-state index contributed by atoms with van der Waals surface area (Å²) < 4.78 is 39.0. The highest BCUT2D eigenvalue weighted by atomic mass is 127. The lowest BCUT2D eigenvalue weighted by Gasteiger charge is -2.32. The highest BCUT2D eigenvalue weighted by Crippen LogP contribution is 2.30. The molecule has 1 fully saturated rings. The van der Waals surface area contributed by atoms with Gasteiger partial charge in [-0.2, -0.15) is 0 Å². The summed E-state index contributed by atoms with van der Waals surface area (Å²) in [4.78, 5) is 4.71. The van der Waals surface area contributed by atoms with Gasteiger partial charge in [0.2, 0.25) is 10.0 Å². The van der Waals surface area contributed by atoms with Crippen LogP contribution < -0.4 is 10.6 Å². The summed E-state index contributed by atoms with van der Waals surface area (Å²) in [5, 5.41) is 7.06. The molecule has 1 aliphatic heterocycles. The summed E-state index contributed by atoms with van der Waals surface area (Å²) in [5.41, 5.74) is 0.476. The van der Waals surface area contributed by atoms with Gasteiger partial charge in [0.05, 0.1) is 12.3 Å². The smallest absolute Gasteiger partial charge is 0.213 e. The third kappa shape index (κ3) is 7.49. The van der Waals surface area contributed by atoms with Gasteiger partial charge in [-0.15, -0.1) is 24.0 Å². The number of nitrogens with zero attached hydrogens (tertiary/aromatic N) is 2. The number of sulfonamides is 1. The Morgan fingerprint density at radius 3 is 2.47 bits per heavy atom. The van der Waals surface area contributed by atoms with E-state index in [1.54, 1.807) is 17.3 Å². The number of aliphatic imine (C=N–C) groups is 1. The van der Waals surface area contributed by atoms with Crippen molar-refractivity contribution in [2.75, 3.05) is 31.9 Å². The van der Waals surface area contributed by atoms with Crippen molar-refractivity contribution in [2.45, 2.75) is 52.0 Å². The fourth-order valence-corrected chi connectivity index (χ4v) is 4.93. The Morgan fingerprint density at radius 1 is 1.30 bits per heavy atom. The van der Waals surface area contributed by atoms with Gasteiger partial charge in [0, 0.05) is 36.1 Å². The molecule has 6 nitrogen and oxygen atoms in total. The maximum absolute atomic E-state index is 13.4. The number of piperidine rings is 1. The molecule has 0 spiro atoms. The first-order chi connectivity index (χ1) is 13.6. The monoisotopic (exact) mass is 574 g/mol. The zero-order valence-corrected chi connectivity index (χ0v) is 21.9. The number of nitrogens with one attached hydrogen (secondary N) is 2. The van der Waals surface area contributed by atoms with Gasteiger partial charge in [-0.25, -0.2) is 17.1 Å². The van der Waals surface area contributed by atoms with Crippen molar-refractivity contribution < 1.29 is 12.8 Å². The quantitative estimate of drug-likeness (QED) is 0.296. The Hall–Kier alpha value is -0.650. The maximum Gasteiger partial charge on any atom is 0.213 e. The number of halogens is 3. The molecule has 1 saturated heterocycles. The molecule has 2 rings (SSSR count). The highest BCUT2D eigenvalue weighted by molar-refractivity contribution is 14.0. The van der Waals surface area contributed by atoms with E-state index in [1.165, 1.54) is 12.1 Å². The van der Waals surface area contributed by atoms with Gasteiger partial charge < -0.3 is 10.6 Å². The average Bonchev–Trinajstić information content (AvgIpc) is 2.66. The molecule has 0 saturated carbocycles. The summed E-state index contributed by atoms with van der Waals surface area (Å²) in [6.07, 6.45) is 1.47. The van der Waals surface area contributed by atoms with Crippen LogP contribution in [0.15, 0.2) is 23.2 Å². The molecular weight excluding hydrogens is 542 g/mol. The van der Waals surface area contributed by atoms with Crippen LogP contribution in [0.1, 0.15) is 46.1 Å². The third-order valence-corrected chi connectivity index (χ3v) is 7.38. The van der Waals surface area contributed by atoms with Crippen molar-refractivity contribution in [3.63, 3.8) is 0 Å². The van der Waals surface area contributed by atoms with E-state index in [9.17, 15) is 12.8 Å². The Balaban J connectivity index is 0.00000450. The predicted molar refractivity (Wildman–Crippen MR) is 133 cm³/mol. The SMILES string of the molecule is CCNC(=NCC(C)(C)c1ccc(F)cc1Cl)NC1CCN(S(=O)(=O)CC)CC1.I. The molecule has 0 radical (unpaired) electrons. The summed E-state index contributed by atoms with van der Waals surface area (Å²) in [5.74, 6) is 0.469. The molecule has 0 aliphatic carbocycles. The molecule has 0 amide bonds. The normalized spacial score (nSPS) is 16.8. The largest absolute Gasteiger partial charge is 0.357 e. The second-order valence-corrected chi connectivity index (χ2v) is 10.6. The number of hydrogen-bond acceptors (Lipinski definition) is 3. The molecule has 2 N–H and O–H groups in total. The fourth-order valence-electron chi connectivity index (χ4n) is 3.37. The predicted octanol–water partition coefficient (Wildman–Crippen LogP) is 3.74. The molecule has 1 aromatic carbocycles. The Kier molecular flexibility index (Phi) is 10.8. The third-order valence-electron chi connectivity index (χ3n) is 5.19. The topological polar surface area (TPSA) is 73.8 Å². The first-order valence-corrected chi connectivity index (χ1v) is 12.1. The number of rotatable bonds is 7. The molecule has 1 aromatic rings. The number of hydrogen-bond donors (Lipinski definition) is 2. The molecule has 10 heteroatoms. The zero-order chi connectivity index (χ0) is 21.7. The minimum Gasteiger partial charge on any atom is -0.357 e. The Labute approximate surface area is 202 Å². The van der Waals surface area contributed by atoms with E-state index in [2.05, 4.69) is 10.6 Å². The maximum atomic E-state index is 13.4. The van der Waals surface area contributed by atoms with Crippen molar-refractivity contribution >= 4 is 51.6 Å². The van der Waals surface area contributed by atoms with Crippen molar-refractivity contribution in [2.24, 2.45) is 4.99 Å². The van der Waals surface area contributed by atoms with Crippen molar-refractivity contribution in [3.05, 3.63) is 34.6 Å². The van der Waals surface area contributed by atoms with E-state index in [1.807, 2.05) is 20.8 Å². The van der Waals surface area contributed by atoms with Crippen molar-refractivity contribution in [1.29, 1.82) is 0 Å². The van der Waals surface area contributed by atoms with E-state index >= 15 is 0 Å². The fraction of sp³-hybridized carbons (Fsp3) is 0.650. The lowest BCUT2D eigenvalue weighted by Crippen LogP contribution is -2.50. The highest BCUT2D eigenvalue weighted by Gasteiger charge is 2.28. The Morgan fingerprint density at radius 2 is 1.93 bits per heavy atom. The minimum atomic E-state index is -3.13. The first kappa shape index (κ1) is 27.4. The van der Waals surface area contributed by atoms with E-state index in [0.717, 1.165) is 18.4 Å². The van der Waals surface area contributed by atoms with E-state index in [-0.39, 0.29) is 47.0 Å². The van der Waals surface area contributed by atoms with E-state index in [4.69, 9.17) is 16.6 Å². The summed E-state index contributed by atoms with van der Waals surface area (Å²) >= 11 is 6.24. The van der Waals surface area contributed by atoms with Gasteiger partial charge in [-0.05, 0) is 44.4 Å². The van der Waals surface area contributed by atoms with Crippen LogP contribution in [0.5, 0.6) is 0 Å². The summed E-state index contributed by atoms with van der Waals surface area (Å²) in [7, 11) is -3.13. The first-order valence-electron chi connectivity index (χ1n) is 10.1. The van der Waals surface area contributed by atoms with Crippen molar-refractivity contribution in [1.82, 2.24) is 14.9 Å². The molecule has 172 valence electrons. The van der Waals surface area contributed by atoms with Crippen LogP contribution in [0.4, 0.5) is 4.39 Å². The zero-order valence-electron chi connectivity index (χ0n) is 18.0. The standard InChI is InChI=1S/C20H32ClFN4O2S.HI/c1-5-23-19(25-16-9-11-26(12-10-16)29(27,28)6-2)24-14-20(3,4)17-8-7-15(22)13-18(17)21;/h7-8,13,16H,5-6,9-12,14H2,1-4H3,(H2,23,24,25);1H. The second kappa shape index (κ2) is 11.8. The average molecular weight is 575 g/mol. The van der Waals surface area contributed by atoms with E-state index in [0.29, 0.717) is 37.2 Å². The van der Waals surface area contributed by atoms with Crippen LogP contribution in [-0.2, 0) is 15.4 Å². The van der Waals surface area contributed by atoms with Gasteiger partial charge in [-0.1, -0.05) is 31.5 Å². The summed E-state index contributed by atoms with van der Waals surface area (Å²) in [6, 6.07) is 4.60. The van der Waals surface area contributed by atoms with Gasteiger partial charge in [-0.3, -0.25) is 4.99 Å². The van der Waals surface area contributed by atoms with Gasteiger partial charge in [0.1, 0.15) is 5.82 Å².